The molecule has 1 N–H and O–H groups in total. The van der Waals surface area contributed by atoms with E-state index in [4.69, 9.17) is 0 Å². The highest BCUT2D eigenvalue weighted by Gasteiger charge is 2.24. The molecular formula is C14H27N3O. The van der Waals surface area contributed by atoms with Gasteiger partial charge in [-0.3, -0.25) is 4.79 Å². The first-order chi connectivity index (χ1) is 8.66. The number of nitrogens with one attached hydrogen (secondary N) is 1. The van der Waals surface area contributed by atoms with Crippen molar-refractivity contribution in [2.45, 2.75) is 38.6 Å². The molecule has 0 aromatic rings. The quantitative estimate of drug-likeness (QED) is 0.809. The summed E-state index contributed by atoms with van der Waals surface area (Å²) in [5.74, 6) is 1.01. The molecule has 2 unspecified atom stereocenters. The number of hydrogen-bond acceptors (Lipinski definition) is 3. The number of likely N-dealkylation sites (tertiary alicyclic amines) is 2. The van der Waals surface area contributed by atoms with Crippen molar-refractivity contribution in [1.82, 2.24) is 15.1 Å². The van der Waals surface area contributed by atoms with Crippen LogP contribution in [-0.2, 0) is 4.79 Å². The summed E-state index contributed by atoms with van der Waals surface area (Å²) in [5, 5.41) is 3.42. The predicted molar refractivity (Wildman–Crippen MR) is 73.5 cm³/mol. The smallest absolute Gasteiger partial charge is 0.239 e. The lowest BCUT2D eigenvalue weighted by Gasteiger charge is -2.30. The van der Waals surface area contributed by atoms with Gasteiger partial charge in [0, 0.05) is 19.6 Å². The molecule has 2 rings (SSSR count). The molecule has 2 fully saturated rings. The largest absolute Gasteiger partial charge is 0.341 e. The van der Waals surface area contributed by atoms with Crippen LogP contribution in [0.3, 0.4) is 0 Å². The number of nitrogens with zero attached hydrogens (tertiary/aromatic N) is 2. The molecule has 0 aliphatic carbocycles. The molecule has 18 heavy (non-hydrogen) atoms. The van der Waals surface area contributed by atoms with Crippen molar-refractivity contribution in [3.63, 3.8) is 0 Å². The minimum atomic E-state index is -0.0194. The number of carbonyl (C=O) groups excluding carboxylic acids is 1. The van der Waals surface area contributed by atoms with Gasteiger partial charge in [0.25, 0.3) is 0 Å². The minimum Gasteiger partial charge on any atom is -0.341 e. The van der Waals surface area contributed by atoms with E-state index < -0.39 is 0 Å². The van der Waals surface area contributed by atoms with Crippen LogP contribution in [0.1, 0.15) is 32.6 Å². The average Bonchev–Trinajstić information content (AvgIpc) is 2.82. The Hall–Kier alpha value is -0.610. The SMILES string of the molecule is CC(NCC1CCN(C)C1)C(=O)N1CCCCC1. The van der Waals surface area contributed by atoms with Gasteiger partial charge in [0.2, 0.25) is 5.91 Å². The van der Waals surface area contributed by atoms with Gasteiger partial charge >= 0.3 is 0 Å². The molecule has 0 bridgehead atoms. The summed E-state index contributed by atoms with van der Waals surface area (Å²) < 4.78 is 0. The summed E-state index contributed by atoms with van der Waals surface area (Å²) in [4.78, 5) is 16.6. The van der Waals surface area contributed by atoms with Crippen LogP contribution in [0.5, 0.6) is 0 Å². The van der Waals surface area contributed by atoms with E-state index in [-0.39, 0.29) is 6.04 Å². The van der Waals surface area contributed by atoms with Crippen LogP contribution in [0.25, 0.3) is 0 Å². The van der Waals surface area contributed by atoms with Gasteiger partial charge in [0.05, 0.1) is 6.04 Å². The van der Waals surface area contributed by atoms with E-state index in [9.17, 15) is 4.79 Å². The van der Waals surface area contributed by atoms with Crippen molar-refractivity contribution in [1.29, 1.82) is 0 Å². The maximum absolute atomic E-state index is 12.2. The standard InChI is InChI=1S/C14H27N3O/c1-12(14(18)17-7-4-3-5-8-17)15-10-13-6-9-16(2)11-13/h12-13,15H,3-11H2,1-2H3. The van der Waals surface area contributed by atoms with Crippen LogP contribution in [0.15, 0.2) is 0 Å². The van der Waals surface area contributed by atoms with Crippen molar-refractivity contribution in [2.75, 3.05) is 39.8 Å². The molecule has 104 valence electrons. The molecule has 0 aromatic carbocycles. The Balaban J connectivity index is 1.70. The zero-order chi connectivity index (χ0) is 13.0. The monoisotopic (exact) mass is 253 g/mol. The van der Waals surface area contributed by atoms with Gasteiger partial charge in [0.1, 0.15) is 0 Å². The Morgan fingerprint density at radius 3 is 2.61 bits per heavy atom. The fourth-order valence-electron chi connectivity index (χ4n) is 3.01. The molecule has 0 radical (unpaired) electrons. The lowest BCUT2D eigenvalue weighted by atomic mass is 10.1. The van der Waals surface area contributed by atoms with E-state index in [1.807, 2.05) is 11.8 Å². The minimum absolute atomic E-state index is 0.0194. The molecule has 0 aromatic heterocycles. The Labute approximate surface area is 111 Å². The lowest BCUT2D eigenvalue weighted by Crippen LogP contribution is -2.47. The van der Waals surface area contributed by atoms with E-state index in [1.165, 1.54) is 32.2 Å². The number of carbonyl (C=O) groups is 1. The molecule has 2 saturated heterocycles. The van der Waals surface area contributed by atoms with Crippen LogP contribution in [0, 0.1) is 5.92 Å². The average molecular weight is 253 g/mol. The molecule has 0 spiro atoms. The van der Waals surface area contributed by atoms with Gasteiger partial charge in [-0.05, 0) is 58.7 Å². The van der Waals surface area contributed by atoms with Crippen molar-refractivity contribution in [3.8, 4) is 0 Å². The van der Waals surface area contributed by atoms with Crippen LogP contribution in [0.2, 0.25) is 0 Å². The van der Waals surface area contributed by atoms with Crippen molar-refractivity contribution < 1.29 is 4.79 Å². The Morgan fingerprint density at radius 2 is 2.00 bits per heavy atom. The second-order valence-electron chi connectivity index (χ2n) is 5.93. The Morgan fingerprint density at radius 1 is 1.28 bits per heavy atom. The number of piperidine rings is 1. The third kappa shape index (κ3) is 3.69. The van der Waals surface area contributed by atoms with E-state index in [0.29, 0.717) is 11.8 Å². The molecule has 0 saturated carbocycles. The summed E-state index contributed by atoms with van der Waals surface area (Å²) in [7, 11) is 2.17. The second-order valence-corrected chi connectivity index (χ2v) is 5.93. The zero-order valence-electron chi connectivity index (χ0n) is 11.8. The lowest BCUT2D eigenvalue weighted by molar-refractivity contribution is -0.133. The van der Waals surface area contributed by atoms with Gasteiger partial charge < -0.3 is 15.1 Å². The van der Waals surface area contributed by atoms with Crippen molar-refractivity contribution >= 4 is 5.91 Å². The maximum Gasteiger partial charge on any atom is 0.239 e. The van der Waals surface area contributed by atoms with Crippen LogP contribution < -0.4 is 5.32 Å². The highest BCUT2D eigenvalue weighted by Crippen LogP contribution is 2.14. The van der Waals surface area contributed by atoms with E-state index in [1.54, 1.807) is 0 Å². The molecule has 2 aliphatic heterocycles. The van der Waals surface area contributed by atoms with Gasteiger partial charge in [-0.15, -0.1) is 0 Å². The third-order valence-electron chi connectivity index (χ3n) is 4.24. The third-order valence-corrected chi connectivity index (χ3v) is 4.24. The van der Waals surface area contributed by atoms with E-state index in [2.05, 4.69) is 17.3 Å². The van der Waals surface area contributed by atoms with Crippen LogP contribution in [-0.4, -0.2) is 61.5 Å². The first-order valence-corrected chi connectivity index (χ1v) is 7.37. The van der Waals surface area contributed by atoms with Gasteiger partial charge in [0.15, 0.2) is 0 Å². The second kappa shape index (κ2) is 6.53. The van der Waals surface area contributed by atoms with Crippen LogP contribution in [0.4, 0.5) is 0 Å². The highest BCUT2D eigenvalue weighted by atomic mass is 16.2. The predicted octanol–water partition coefficient (Wildman–Crippen LogP) is 0.929. The first-order valence-electron chi connectivity index (χ1n) is 7.37. The summed E-state index contributed by atoms with van der Waals surface area (Å²) in [6.45, 7) is 7.26. The molecule has 2 atom stereocenters. The van der Waals surface area contributed by atoms with E-state index >= 15 is 0 Å². The Bertz CT molecular complexity index is 276. The Kier molecular flexibility index (Phi) is 5.01. The summed E-state index contributed by atoms with van der Waals surface area (Å²) in [6, 6.07) is -0.0194. The number of hydrogen-bond donors (Lipinski definition) is 1. The molecule has 2 heterocycles. The topological polar surface area (TPSA) is 35.6 Å². The van der Waals surface area contributed by atoms with Gasteiger partial charge in [-0.1, -0.05) is 0 Å². The maximum atomic E-state index is 12.2. The molecule has 4 nitrogen and oxygen atoms in total. The summed E-state index contributed by atoms with van der Waals surface area (Å²) >= 11 is 0. The number of amides is 1. The zero-order valence-corrected chi connectivity index (χ0v) is 11.8. The summed E-state index contributed by atoms with van der Waals surface area (Å²) in [5.41, 5.74) is 0. The molecule has 2 aliphatic rings. The van der Waals surface area contributed by atoms with Gasteiger partial charge in [-0.25, -0.2) is 0 Å². The van der Waals surface area contributed by atoms with Crippen molar-refractivity contribution in [3.05, 3.63) is 0 Å². The normalized spacial score (nSPS) is 27.4. The molecule has 1 amide bonds. The molecular weight excluding hydrogens is 226 g/mol. The fourth-order valence-corrected chi connectivity index (χ4v) is 3.01. The molecule has 4 heteroatoms. The first kappa shape index (κ1) is 13.8. The van der Waals surface area contributed by atoms with E-state index in [0.717, 1.165) is 26.2 Å². The number of rotatable bonds is 4. The van der Waals surface area contributed by atoms with Gasteiger partial charge in [-0.2, -0.15) is 0 Å². The summed E-state index contributed by atoms with van der Waals surface area (Å²) in [6.07, 6.45) is 4.88. The fraction of sp³-hybridized carbons (Fsp3) is 0.929. The van der Waals surface area contributed by atoms with Crippen molar-refractivity contribution in [2.24, 2.45) is 5.92 Å². The van der Waals surface area contributed by atoms with Crippen LogP contribution >= 0.6 is 0 Å². The highest BCUT2D eigenvalue weighted by molar-refractivity contribution is 5.81.